The van der Waals surface area contributed by atoms with E-state index >= 15 is 0 Å². The van der Waals surface area contributed by atoms with E-state index in [2.05, 4.69) is 4.99 Å². The molecule has 2 aliphatic heterocycles. The normalized spacial score (nSPS) is 32.1. The highest BCUT2D eigenvalue weighted by atomic mass is 16.3. The molecule has 0 aromatic carbocycles. The van der Waals surface area contributed by atoms with Gasteiger partial charge in [-0.2, -0.15) is 0 Å². The van der Waals surface area contributed by atoms with Gasteiger partial charge in [0.1, 0.15) is 18.3 Å². The van der Waals surface area contributed by atoms with Crippen molar-refractivity contribution in [2.24, 2.45) is 21.9 Å². The highest BCUT2D eigenvalue weighted by Crippen LogP contribution is 2.40. The van der Waals surface area contributed by atoms with E-state index in [1.54, 1.807) is 0 Å². The minimum Gasteiger partial charge on any atom is -0.391 e. The van der Waals surface area contributed by atoms with Crippen LogP contribution in [0.2, 0.25) is 0 Å². The van der Waals surface area contributed by atoms with Gasteiger partial charge in [-0.1, -0.05) is 0 Å². The molecule has 1 spiro atoms. The fourth-order valence-electron chi connectivity index (χ4n) is 3.25. The summed E-state index contributed by atoms with van der Waals surface area (Å²) in [5.74, 6) is -1.23. The summed E-state index contributed by atoms with van der Waals surface area (Å²) < 4.78 is 0. The first-order chi connectivity index (χ1) is 11.1. The van der Waals surface area contributed by atoms with Crippen molar-refractivity contribution in [3.05, 3.63) is 0 Å². The van der Waals surface area contributed by atoms with Crippen molar-refractivity contribution in [2.45, 2.75) is 44.4 Å². The molecule has 0 radical (unpaired) electrons. The predicted molar refractivity (Wildman–Crippen MR) is 84.5 cm³/mol. The lowest BCUT2D eigenvalue weighted by Crippen LogP contribution is -2.75. The number of aliphatic hydroxyl groups excluding tert-OH is 3. The first-order valence-electron chi connectivity index (χ1n) is 7.76. The lowest BCUT2D eigenvalue weighted by Gasteiger charge is -2.58. The number of aliphatic hydroxyl groups is 3. The lowest BCUT2D eigenvalue weighted by atomic mass is 9.74. The molecule has 2 heterocycles. The van der Waals surface area contributed by atoms with Crippen LogP contribution in [-0.4, -0.2) is 93.4 Å². The van der Waals surface area contributed by atoms with E-state index in [0.29, 0.717) is 0 Å². The van der Waals surface area contributed by atoms with Gasteiger partial charge in [-0.25, -0.2) is 0 Å². The van der Waals surface area contributed by atoms with Gasteiger partial charge in [-0.3, -0.25) is 19.5 Å². The molecule has 2 amide bonds. The van der Waals surface area contributed by atoms with Gasteiger partial charge in [0.2, 0.25) is 11.8 Å². The fourth-order valence-corrected chi connectivity index (χ4v) is 3.25. The number of hydrogen-bond donors (Lipinski definition) is 5. The quantitative estimate of drug-likeness (QED) is 0.344. The number of nitrogens with zero attached hydrogens (tertiary/aromatic N) is 3. The Hall–Kier alpha value is -1.59. The number of likely N-dealkylation sites (tertiary alicyclic amines) is 1. The molecule has 1 saturated heterocycles. The second kappa shape index (κ2) is 6.73. The summed E-state index contributed by atoms with van der Waals surface area (Å²) >= 11 is 0. The summed E-state index contributed by atoms with van der Waals surface area (Å²) in [7, 11) is 0. The molecule has 1 fully saturated rings. The molecule has 0 aromatic heterocycles. The van der Waals surface area contributed by atoms with Crippen molar-refractivity contribution in [3.8, 4) is 0 Å². The molecule has 10 nitrogen and oxygen atoms in total. The second-order valence-corrected chi connectivity index (χ2v) is 6.68. The summed E-state index contributed by atoms with van der Waals surface area (Å²) in [4.78, 5) is 30.5. The molecule has 2 rings (SSSR count). The van der Waals surface area contributed by atoms with Crippen molar-refractivity contribution in [1.29, 1.82) is 0 Å². The van der Waals surface area contributed by atoms with Crippen LogP contribution < -0.4 is 11.5 Å². The number of primary amides is 1. The molecule has 0 saturated carbocycles. The minimum atomic E-state index is -1.09. The number of aliphatic imine (C=N–C) groups is 1. The fraction of sp³-hybridized carbons (Fsp3) is 0.786. The molecule has 10 heteroatoms. The van der Waals surface area contributed by atoms with E-state index in [-0.39, 0.29) is 19.6 Å². The van der Waals surface area contributed by atoms with Gasteiger partial charge < -0.3 is 31.7 Å². The summed E-state index contributed by atoms with van der Waals surface area (Å²) in [6, 6.07) is -2.10. The molecule has 6 atom stereocenters. The van der Waals surface area contributed by atoms with Crippen molar-refractivity contribution in [2.75, 3.05) is 19.6 Å². The standard InChI is InChI=1S/C14H25N5O5/c1-7(20)9(15)12(23)18-4-14(3-17-6-18)5-19(13(14)24)10(8(2)21)11(16)22/h6-10,13,20-21,24H,3-5,15H2,1-2H3,(H2,16,22)/t7-,8-,9+,10+,13?,14?/m1/s1. The Morgan fingerprint density at radius 2 is 1.92 bits per heavy atom. The topological polar surface area (TPSA) is 166 Å². The summed E-state index contributed by atoms with van der Waals surface area (Å²) in [5.41, 5.74) is 10.2. The Labute approximate surface area is 139 Å². The Morgan fingerprint density at radius 3 is 2.38 bits per heavy atom. The van der Waals surface area contributed by atoms with E-state index in [0.717, 1.165) is 0 Å². The molecule has 7 N–H and O–H groups in total. The van der Waals surface area contributed by atoms with Crippen LogP contribution in [0.1, 0.15) is 13.8 Å². The number of amides is 2. The third kappa shape index (κ3) is 3.15. The van der Waals surface area contributed by atoms with Gasteiger partial charge in [-0.05, 0) is 13.8 Å². The van der Waals surface area contributed by atoms with Gasteiger partial charge in [0, 0.05) is 13.1 Å². The average Bonchev–Trinajstić information content (AvgIpc) is 2.52. The summed E-state index contributed by atoms with van der Waals surface area (Å²) in [6.07, 6.45) is -1.80. The molecular weight excluding hydrogens is 318 g/mol. The van der Waals surface area contributed by atoms with E-state index in [1.165, 1.54) is 30.0 Å². The Morgan fingerprint density at radius 1 is 1.29 bits per heavy atom. The zero-order chi connectivity index (χ0) is 18.2. The van der Waals surface area contributed by atoms with E-state index in [9.17, 15) is 24.9 Å². The Balaban J connectivity index is 2.10. The first kappa shape index (κ1) is 18.7. The highest BCUT2D eigenvalue weighted by Gasteiger charge is 2.57. The number of hydrogen-bond acceptors (Lipinski definition) is 8. The van der Waals surface area contributed by atoms with Crippen LogP contribution in [0.25, 0.3) is 0 Å². The van der Waals surface area contributed by atoms with Gasteiger partial charge >= 0.3 is 0 Å². The molecule has 0 aromatic rings. The third-order valence-electron chi connectivity index (χ3n) is 4.67. The zero-order valence-corrected chi connectivity index (χ0v) is 13.7. The number of carbonyl (C=O) groups excluding carboxylic acids is 2. The van der Waals surface area contributed by atoms with E-state index in [1.807, 2.05) is 0 Å². The van der Waals surface area contributed by atoms with Crippen LogP contribution in [0.4, 0.5) is 0 Å². The van der Waals surface area contributed by atoms with Crippen LogP contribution in [0.5, 0.6) is 0 Å². The average molecular weight is 343 g/mol. The molecule has 2 aliphatic rings. The zero-order valence-electron chi connectivity index (χ0n) is 13.7. The maximum absolute atomic E-state index is 12.2. The van der Waals surface area contributed by atoms with Gasteiger partial charge in [0.15, 0.2) is 0 Å². The lowest BCUT2D eigenvalue weighted by molar-refractivity contribution is -0.221. The molecule has 0 aliphatic carbocycles. The highest BCUT2D eigenvalue weighted by molar-refractivity contribution is 5.92. The smallest absolute Gasteiger partial charge is 0.247 e. The maximum Gasteiger partial charge on any atom is 0.247 e. The van der Waals surface area contributed by atoms with E-state index in [4.69, 9.17) is 11.5 Å². The van der Waals surface area contributed by atoms with Gasteiger partial charge in [0.05, 0.1) is 30.5 Å². The number of nitrogens with two attached hydrogens (primary N) is 2. The maximum atomic E-state index is 12.2. The van der Waals surface area contributed by atoms with Crippen molar-refractivity contribution < 1.29 is 24.9 Å². The molecule has 0 bridgehead atoms. The van der Waals surface area contributed by atoms with Crippen LogP contribution in [0.15, 0.2) is 4.99 Å². The minimum absolute atomic E-state index is 0.151. The SMILES string of the molecule is C[C@@H](O)[C@H](N)C(=O)N1C=NCC2(C1)CN([C@H](C(N)=O)[C@@H](C)O)C2O. The van der Waals surface area contributed by atoms with Crippen LogP contribution in [0, 0.1) is 5.41 Å². The summed E-state index contributed by atoms with van der Waals surface area (Å²) in [6.45, 7) is 3.50. The van der Waals surface area contributed by atoms with Crippen LogP contribution >= 0.6 is 0 Å². The molecule has 2 unspecified atom stereocenters. The molecular formula is C14H25N5O5. The van der Waals surface area contributed by atoms with Crippen LogP contribution in [0.3, 0.4) is 0 Å². The predicted octanol–water partition coefficient (Wildman–Crippen LogP) is -3.58. The van der Waals surface area contributed by atoms with Crippen LogP contribution in [-0.2, 0) is 9.59 Å². The number of carbonyl (C=O) groups is 2. The molecule has 136 valence electrons. The third-order valence-corrected chi connectivity index (χ3v) is 4.67. The van der Waals surface area contributed by atoms with Crippen molar-refractivity contribution in [1.82, 2.24) is 9.80 Å². The number of rotatable bonds is 5. The van der Waals surface area contributed by atoms with Crippen molar-refractivity contribution in [3.63, 3.8) is 0 Å². The second-order valence-electron chi connectivity index (χ2n) is 6.68. The Kier molecular flexibility index (Phi) is 5.25. The van der Waals surface area contributed by atoms with Gasteiger partial charge in [0.25, 0.3) is 0 Å². The van der Waals surface area contributed by atoms with E-state index < -0.39 is 47.7 Å². The first-order valence-corrected chi connectivity index (χ1v) is 7.76. The van der Waals surface area contributed by atoms with Crippen molar-refractivity contribution >= 4 is 18.2 Å². The largest absolute Gasteiger partial charge is 0.391 e. The summed E-state index contributed by atoms with van der Waals surface area (Å²) in [5, 5.41) is 29.7. The Bertz CT molecular complexity index is 540. The monoisotopic (exact) mass is 343 g/mol. The molecule has 24 heavy (non-hydrogen) atoms. The van der Waals surface area contributed by atoms with Gasteiger partial charge in [-0.15, -0.1) is 0 Å².